The van der Waals surface area contributed by atoms with E-state index in [-0.39, 0.29) is 29.8 Å². The van der Waals surface area contributed by atoms with Crippen molar-refractivity contribution in [1.29, 1.82) is 0 Å². The monoisotopic (exact) mass is 409 g/mol. The van der Waals surface area contributed by atoms with Crippen molar-refractivity contribution in [2.24, 2.45) is 5.92 Å². The van der Waals surface area contributed by atoms with Gasteiger partial charge in [-0.05, 0) is 43.2 Å². The fraction of sp³-hybridized carbons (Fsp3) is 0.364. The highest BCUT2D eigenvalue weighted by Crippen LogP contribution is 2.39. The SMILES string of the molecule is [C-]#[N+]c1c(OC2CCC(CNC(=O)OCc3ccccc3)CC2)cccc1[N+](=O)[O-]. The summed E-state index contributed by atoms with van der Waals surface area (Å²) < 4.78 is 11.1. The first-order valence-electron chi connectivity index (χ1n) is 9.83. The molecule has 0 aromatic heterocycles. The van der Waals surface area contributed by atoms with Gasteiger partial charge in [-0.2, -0.15) is 0 Å². The standard InChI is InChI=1S/C22H23N3O5/c1-23-21-19(25(27)28)8-5-9-20(21)30-18-12-10-16(11-13-18)14-24-22(26)29-15-17-6-3-2-4-7-17/h2-9,16,18H,10-15H2,(H,24,26). The van der Waals surface area contributed by atoms with Crippen LogP contribution in [-0.4, -0.2) is 23.7 Å². The van der Waals surface area contributed by atoms with Crippen LogP contribution < -0.4 is 10.1 Å². The molecule has 2 aromatic rings. The van der Waals surface area contributed by atoms with E-state index in [1.54, 1.807) is 6.07 Å². The molecule has 0 radical (unpaired) electrons. The molecular weight excluding hydrogens is 386 g/mol. The number of nitrogens with zero attached hydrogens (tertiary/aromatic N) is 2. The number of nitrogens with one attached hydrogen (secondary N) is 1. The van der Waals surface area contributed by atoms with Gasteiger partial charge in [-0.25, -0.2) is 9.64 Å². The third-order valence-electron chi connectivity index (χ3n) is 5.12. The van der Waals surface area contributed by atoms with Crippen molar-refractivity contribution in [2.75, 3.05) is 6.54 Å². The lowest BCUT2D eigenvalue weighted by Gasteiger charge is -2.29. The number of carbonyl (C=O) groups excluding carboxylic acids is 1. The van der Waals surface area contributed by atoms with Crippen molar-refractivity contribution in [2.45, 2.75) is 38.4 Å². The lowest BCUT2D eigenvalue weighted by atomic mass is 9.87. The minimum Gasteiger partial charge on any atom is -0.501 e. The molecule has 0 bridgehead atoms. The molecule has 30 heavy (non-hydrogen) atoms. The van der Waals surface area contributed by atoms with Crippen LogP contribution in [0.1, 0.15) is 31.2 Å². The van der Waals surface area contributed by atoms with Crippen molar-refractivity contribution < 1.29 is 19.2 Å². The Hall–Kier alpha value is -3.60. The molecule has 3 rings (SSSR count). The Bertz CT molecular complexity index is 918. The first kappa shape index (κ1) is 21.1. The fourth-order valence-corrected chi connectivity index (χ4v) is 3.50. The molecule has 0 aliphatic heterocycles. The van der Waals surface area contributed by atoms with E-state index in [2.05, 4.69) is 10.2 Å². The Kier molecular flexibility index (Phi) is 7.22. The summed E-state index contributed by atoms with van der Waals surface area (Å²) in [7, 11) is 0. The van der Waals surface area contributed by atoms with Gasteiger partial charge in [0.2, 0.25) is 0 Å². The van der Waals surface area contributed by atoms with Gasteiger partial charge in [0, 0.05) is 12.6 Å². The number of nitro benzene ring substituents is 1. The summed E-state index contributed by atoms with van der Waals surface area (Å²) >= 11 is 0. The number of para-hydroxylation sites is 1. The second kappa shape index (κ2) is 10.3. The summed E-state index contributed by atoms with van der Waals surface area (Å²) in [6.45, 7) is 8.01. The molecule has 1 aliphatic rings. The first-order chi connectivity index (χ1) is 14.6. The van der Waals surface area contributed by atoms with Crippen LogP contribution in [0.3, 0.4) is 0 Å². The molecule has 1 N–H and O–H groups in total. The van der Waals surface area contributed by atoms with Gasteiger partial charge in [0.1, 0.15) is 12.4 Å². The van der Waals surface area contributed by atoms with Crippen molar-refractivity contribution in [3.8, 4) is 5.75 Å². The fourth-order valence-electron chi connectivity index (χ4n) is 3.50. The molecule has 1 aliphatic carbocycles. The molecule has 156 valence electrons. The van der Waals surface area contributed by atoms with Gasteiger partial charge in [-0.15, -0.1) is 0 Å². The zero-order valence-electron chi connectivity index (χ0n) is 16.5. The largest absolute Gasteiger partial charge is 0.501 e. The summed E-state index contributed by atoms with van der Waals surface area (Å²) in [6.07, 6.45) is 2.68. The Morgan fingerprint density at radius 2 is 1.87 bits per heavy atom. The molecule has 0 saturated heterocycles. The van der Waals surface area contributed by atoms with E-state index in [0.29, 0.717) is 12.5 Å². The average Bonchev–Trinajstić information content (AvgIpc) is 2.77. The lowest BCUT2D eigenvalue weighted by Crippen LogP contribution is -2.33. The second-order valence-electron chi connectivity index (χ2n) is 7.20. The Balaban J connectivity index is 1.42. The molecular formula is C22H23N3O5. The predicted molar refractivity (Wildman–Crippen MR) is 110 cm³/mol. The van der Waals surface area contributed by atoms with Gasteiger partial charge >= 0.3 is 11.8 Å². The summed E-state index contributed by atoms with van der Waals surface area (Å²) in [5.74, 6) is 0.574. The molecule has 1 amide bonds. The molecule has 1 fully saturated rings. The number of benzene rings is 2. The molecule has 8 nitrogen and oxygen atoms in total. The minimum absolute atomic E-state index is 0.0625. The second-order valence-corrected chi connectivity index (χ2v) is 7.20. The first-order valence-corrected chi connectivity index (χ1v) is 9.83. The number of hydrogen-bond donors (Lipinski definition) is 1. The maximum Gasteiger partial charge on any atom is 0.407 e. The van der Waals surface area contributed by atoms with E-state index < -0.39 is 11.0 Å². The molecule has 0 atom stereocenters. The minimum atomic E-state index is -0.570. The van der Waals surface area contributed by atoms with Gasteiger partial charge in [-0.3, -0.25) is 10.1 Å². The lowest BCUT2D eigenvalue weighted by molar-refractivity contribution is -0.383. The van der Waals surface area contributed by atoms with Crippen LogP contribution in [0.15, 0.2) is 48.5 Å². The van der Waals surface area contributed by atoms with Crippen molar-refractivity contribution in [3.63, 3.8) is 0 Å². The number of rotatable bonds is 7. The van der Waals surface area contributed by atoms with Gasteiger partial charge < -0.3 is 14.8 Å². The van der Waals surface area contributed by atoms with Gasteiger partial charge in [0.05, 0.1) is 17.6 Å². The quantitative estimate of drug-likeness (QED) is 0.394. The van der Waals surface area contributed by atoms with E-state index >= 15 is 0 Å². The predicted octanol–water partition coefficient (Wildman–Crippen LogP) is 5.01. The Morgan fingerprint density at radius 1 is 1.13 bits per heavy atom. The molecule has 2 aromatic carbocycles. The summed E-state index contributed by atoms with van der Waals surface area (Å²) in [5, 5.41) is 13.9. The molecule has 8 heteroatoms. The smallest absolute Gasteiger partial charge is 0.407 e. The molecule has 0 heterocycles. The van der Waals surface area contributed by atoms with E-state index in [1.807, 2.05) is 30.3 Å². The number of carbonyl (C=O) groups is 1. The maximum absolute atomic E-state index is 11.9. The van der Waals surface area contributed by atoms with Crippen molar-refractivity contribution in [1.82, 2.24) is 5.32 Å². The number of alkyl carbamates (subject to hydrolysis) is 1. The third kappa shape index (κ3) is 5.70. The van der Waals surface area contributed by atoms with E-state index in [9.17, 15) is 14.9 Å². The number of nitro groups is 1. The van der Waals surface area contributed by atoms with Crippen molar-refractivity contribution in [3.05, 3.63) is 75.6 Å². The zero-order chi connectivity index (χ0) is 21.3. The summed E-state index contributed by atoms with van der Waals surface area (Å²) in [5.41, 5.74) is 0.632. The van der Waals surface area contributed by atoms with Crippen LogP contribution in [0.2, 0.25) is 0 Å². The Labute approximate surface area is 174 Å². The summed E-state index contributed by atoms with van der Waals surface area (Å²) in [4.78, 5) is 25.7. The number of amides is 1. The van der Waals surface area contributed by atoms with Gasteiger partial charge in [-0.1, -0.05) is 36.4 Å². The van der Waals surface area contributed by atoms with Crippen LogP contribution in [0, 0.1) is 22.6 Å². The van der Waals surface area contributed by atoms with E-state index in [4.69, 9.17) is 16.0 Å². The van der Waals surface area contributed by atoms with Gasteiger partial charge in [0.25, 0.3) is 5.69 Å². The van der Waals surface area contributed by atoms with Crippen molar-refractivity contribution >= 4 is 17.5 Å². The highest BCUT2D eigenvalue weighted by Gasteiger charge is 2.26. The van der Waals surface area contributed by atoms with Crippen LogP contribution in [-0.2, 0) is 11.3 Å². The average molecular weight is 409 g/mol. The number of ether oxygens (including phenoxy) is 2. The van der Waals surface area contributed by atoms with Crippen LogP contribution in [0.5, 0.6) is 5.75 Å². The van der Waals surface area contributed by atoms with E-state index in [0.717, 1.165) is 31.2 Å². The third-order valence-corrected chi connectivity index (χ3v) is 5.12. The van der Waals surface area contributed by atoms with E-state index in [1.165, 1.54) is 12.1 Å². The van der Waals surface area contributed by atoms with Gasteiger partial charge in [0.15, 0.2) is 0 Å². The molecule has 1 saturated carbocycles. The normalized spacial score (nSPS) is 18.1. The number of hydrogen-bond acceptors (Lipinski definition) is 5. The zero-order valence-corrected chi connectivity index (χ0v) is 16.5. The molecule has 0 spiro atoms. The van der Waals surface area contributed by atoms with Crippen LogP contribution >= 0.6 is 0 Å². The molecule has 0 unspecified atom stereocenters. The van der Waals surface area contributed by atoms with Crippen LogP contribution in [0.4, 0.5) is 16.2 Å². The Morgan fingerprint density at radius 3 is 2.53 bits per heavy atom. The summed E-state index contributed by atoms with van der Waals surface area (Å²) in [6, 6.07) is 13.9. The van der Waals surface area contributed by atoms with Crippen LogP contribution in [0.25, 0.3) is 4.85 Å². The maximum atomic E-state index is 11.9. The topological polar surface area (TPSA) is 95.1 Å². The highest BCUT2D eigenvalue weighted by molar-refractivity contribution is 5.70. The highest BCUT2D eigenvalue weighted by atomic mass is 16.6.